The maximum atomic E-state index is 2.45. The number of aryl methyl sites for hydroxylation is 5. The molecule has 3 aromatic rings. The highest BCUT2D eigenvalue weighted by atomic mass is 15.1. The minimum atomic E-state index is 1.18. The lowest BCUT2D eigenvalue weighted by Gasteiger charge is -2.29. The Labute approximate surface area is 209 Å². The van der Waals surface area contributed by atoms with Crippen molar-refractivity contribution in [2.24, 2.45) is 0 Å². The van der Waals surface area contributed by atoms with Gasteiger partial charge in [0.15, 0.2) is 0 Å². The van der Waals surface area contributed by atoms with Crippen LogP contribution in [0.15, 0.2) is 60.7 Å². The number of benzene rings is 3. The van der Waals surface area contributed by atoms with Crippen LogP contribution in [0.5, 0.6) is 0 Å². The van der Waals surface area contributed by atoms with Crippen molar-refractivity contribution in [3.8, 4) is 0 Å². The average molecular weight is 456 g/mol. The van der Waals surface area contributed by atoms with Gasteiger partial charge < -0.3 is 4.90 Å². The van der Waals surface area contributed by atoms with Crippen molar-refractivity contribution in [2.45, 2.75) is 98.8 Å². The Hall–Kier alpha value is -2.54. The summed E-state index contributed by atoms with van der Waals surface area (Å²) in [5.74, 6) is 0. The molecule has 0 fully saturated rings. The molecule has 1 nitrogen and oxygen atoms in total. The summed E-state index contributed by atoms with van der Waals surface area (Å²) in [4.78, 5) is 2.45. The van der Waals surface area contributed by atoms with Crippen LogP contribution in [0.3, 0.4) is 0 Å². The summed E-state index contributed by atoms with van der Waals surface area (Å²) in [5, 5.41) is 0. The molecule has 3 rings (SSSR count). The summed E-state index contributed by atoms with van der Waals surface area (Å²) in [6.45, 7) is 11.2. The Morgan fingerprint density at radius 3 is 1.32 bits per heavy atom. The van der Waals surface area contributed by atoms with Crippen molar-refractivity contribution < 1.29 is 0 Å². The average Bonchev–Trinajstić information content (AvgIpc) is 2.83. The van der Waals surface area contributed by atoms with Crippen molar-refractivity contribution in [1.29, 1.82) is 0 Å². The van der Waals surface area contributed by atoms with Crippen LogP contribution < -0.4 is 4.90 Å². The Morgan fingerprint density at radius 2 is 0.941 bits per heavy atom. The van der Waals surface area contributed by atoms with Gasteiger partial charge in [0.25, 0.3) is 0 Å². The van der Waals surface area contributed by atoms with Gasteiger partial charge in [0.2, 0.25) is 0 Å². The summed E-state index contributed by atoms with van der Waals surface area (Å²) in [7, 11) is 0. The smallest absolute Gasteiger partial charge is 0.0520 e. The van der Waals surface area contributed by atoms with Gasteiger partial charge in [0.1, 0.15) is 0 Å². The van der Waals surface area contributed by atoms with Gasteiger partial charge in [-0.15, -0.1) is 0 Å². The molecule has 0 N–H and O–H groups in total. The molecule has 0 saturated carbocycles. The van der Waals surface area contributed by atoms with E-state index in [-0.39, 0.29) is 0 Å². The predicted octanol–water partition coefficient (Wildman–Crippen LogP) is 10.3. The van der Waals surface area contributed by atoms with E-state index in [1.54, 1.807) is 0 Å². The molecule has 0 spiro atoms. The van der Waals surface area contributed by atoms with E-state index in [4.69, 9.17) is 0 Å². The monoisotopic (exact) mass is 455 g/mol. The summed E-state index contributed by atoms with van der Waals surface area (Å²) < 4.78 is 0. The number of hydrogen-bond donors (Lipinski definition) is 0. The van der Waals surface area contributed by atoms with E-state index >= 15 is 0 Å². The molecule has 0 aliphatic rings. The standard InChI is InChI=1S/C33H45N/c1-6-8-10-12-14-29-16-20-31(21-17-29)34(33-27(4)24-26(3)25-28(33)5)32-22-18-30(19-23-32)15-13-11-9-7-2/h16-25H,6-15H2,1-5H3. The number of anilines is 3. The molecule has 0 atom stereocenters. The third kappa shape index (κ3) is 7.23. The first-order valence-electron chi connectivity index (χ1n) is 13.6. The summed E-state index contributed by atoms with van der Waals surface area (Å²) in [6, 6.07) is 23.2. The van der Waals surface area contributed by atoms with Crippen LogP contribution in [-0.2, 0) is 12.8 Å². The fourth-order valence-electron chi connectivity index (χ4n) is 5.07. The van der Waals surface area contributed by atoms with Gasteiger partial charge in [-0.1, -0.05) is 94.3 Å². The normalized spacial score (nSPS) is 11.1. The zero-order chi connectivity index (χ0) is 24.3. The minimum absolute atomic E-state index is 1.18. The quantitative estimate of drug-likeness (QED) is 0.232. The fourth-order valence-corrected chi connectivity index (χ4v) is 5.07. The van der Waals surface area contributed by atoms with E-state index in [9.17, 15) is 0 Å². The van der Waals surface area contributed by atoms with Crippen molar-refractivity contribution >= 4 is 17.1 Å². The van der Waals surface area contributed by atoms with Gasteiger partial charge in [0.05, 0.1) is 5.69 Å². The molecular weight excluding hydrogens is 410 g/mol. The van der Waals surface area contributed by atoms with E-state index in [0.717, 1.165) is 0 Å². The highest BCUT2D eigenvalue weighted by Crippen LogP contribution is 2.39. The summed E-state index contributed by atoms with van der Waals surface area (Å²) >= 11 is 0. The second kappa shape index (κ2) is 13.4. The zero-order valence-electron chi connectivity index (χ0n) is 22.3. The van der Waals surface area contributed by atoms with Crippen LogP contribution in [0.25, 0.3) is 0 Å². The van der Waals surface area contributed by atoms with E-state index in [1.807, 2.05) is 0 Å². The van der Waals surface area contributed by atoms with Crippen LogP contribution in [0, 0.1) is 20.8 Å². The molecule has 0 saturated heterocycles. The molecule has 0 aliphatic heterocycles. The summed E-state index contributed by atoms with van der Waals surface area (Å²) in [5.41, 5.74) is 10.6. The van der Waals surface area contributed by atoms with Gasteiger partial charge >= 0.3 is 0 Å². The second-order valence-corrected chi connectivity index (χ2v) is 10.0. The zero-order valence-corrected chi connectivity index (χ0v) is 22.3. The predicted molar refractivity (Wildman–Crippen MR) is 151 cm³/mol. The van der Waals surface area contributed by atoms with Gasteiger partial charge in [0, 0.05) is 11.4 Å². The van der Waals surface area contributed by atoms with Gasteiger partial charge in [-0.05, 0) is 93.0 Å². The van der Waals surface area contributed by atoms with Crippen LogP contribution in [0.1, 0.15) is 93.0 Å². The number of nitrogens with zero attached hydrogens (tertiary/aromatic N) is 1. The first-order chi connectivity index (χ1) is 16.5. The van der Waals surface area contributed by atoms with Gasteiger partial charge in [-0.25, -0.2) is 0 Å². The topological polar surface area (TPSA) is 3.24 Å². The third-order valence-electron chi connectivity index (χ3n) is 6.89. The van der Waals surface area contributed by atoms with Crippen molar-refractivity contribution in [1.82, 2.24) is 0 Å². The maximum Gasteiger partial charge on any atom is 0.0520 e. The number of unbranched alkanes of at least 4 members (excludes halogenated alkanes) is 6. The van der Waals surface area contributed by atoms with Gasteiger partial charge in [-0.3, -0.25) is 0 Å². The van der Waals surface area contributed by atoms with Crippen LogP contribution in [-0.4, -0.2) is 0 Å². The number of hydrogen-bond acceptors (Lipinski definition) is 1. The maximum absolute atomic E-state index is 2.45. The molecule has 0 radical (unpaired) electrons. The molecule has 0 aromatic heterocycles. The van der Waals surface area contributed by atoms with Crippen molar-refractivity contribution in [2.75, 3.05) is 4.90 Å². The van der Waals surface area contributed by atoms with E-state index in [1.165, 1.54) is 109 Å². The van der Waals surface area contributed by atoms with E-state index < -0.39 is 0 Å². The molecule has 0 unspecified atom stereocenters. The molecule has 34 heavy (non-hydrogen) atoms. The van der Waals surface area contributed by atoms with Crippen molar-refractivity contribution in [3.63, 3.8) is 0 Å². The molecule has 0 bridgehead atoms. The first kappa shape index (κ1) is 26.1. The largest absolute Gasteiger partial charge is 0.310 e. The molecule has 0 heterocycles. The lowest BCUT2D eigenvalue weighted by atomic mass is 10.0. The number of rotatable bonds is 13. The van der Waals surface area contributed by atoms with Crippen LogP contribution >= 0.6 is 0 Å². The van der Waals surface area contributed by atoms with Crippen LogP contribution in [0.2, 0.25) is 0 Å². The second-order valence-electron chi connectivity index (χ2n) is 10.0. The molecular formula is C33H45N. The Bertz CT molecular complexity index is 919. The van der Waals surface area contributed by atoms with Crippen molar-refractivity contribution in [3.05, 3.63) is 88.5 Å². The lowest BCUT2D eigenvalue weighted by molar-refractivity contribution is 0.667. The fraction of sp³-hybridized carbons (Fsp3) is 0.455. The van der Waals surface area contributed by atoms with E-state index in [2.05, 4.69) is 100 Å². The summed E-state index contributed by atoms with van der Waals surface area (Å²) in [6.07, 6.45) is 12.8. The third-order valence-corrected chi connectivity index (χ3v) is 6.89. The van der Waals surface area contributed by atoms with E-state index in [0.29, 0.717) is 0 Å². The van der Waals surface area contributed by atoms with Crippen LogP contribution in [0.4, 0.5) is 17.1 Å². The lowest BCUT2D eigenvalue weighted by Crippen LogP contribution is -2.13. The Kier molecular flexibility index (Phi) is 10.3. The Morgan fingerprint density at radius 1 is 0.529 bits per heavy atom. The minimum Gasteiger partial charge on any atom is -0.310 e. The highest BCUT2D eigenvalue weighted by Gasteiger charge is 2.17. The SMILES string of the molecule is CCCCCCc1ccc(N(c2ccc(CCCCCC)cc2)c2c(C)cc(C)cc2C)cc1. The first-order valence-corrected chi connectivity index (χ1v) is 13.6. The molecule has 1 heteroatoms. The highest BCUT2D eigenvalue weighted by molar-refractivity contribution is 5.80. The Balaban J connectivity index is 1.88. The molecule has 0 aliphatic carbocycles. The van der Waals surface area contributed by atoms with Gasteiger partial charge in [-0.2, -0.15) is 0 Å². The molecule has 182 valence electrons. The molecule has 3 aromatic carbocycles. The molecule has 0 amide bonds.